The van der Waals surface area contributed by atoms with Gasteiger partial charge < -0.3 is 10.4 Å². The SMILES string of the molecule is O=C(NCC1(CO)CCCC1)c1[nH]c(-c2cccc(Cl)c2)[n+]2ccccc12. The molecule has 0 unspecified atom stereocenters. The molecule has 1 aliphatic rings. The summed E-state index contributed by atoms with van der Waals surface area (Å²) in [6.45, 7) is 0.605. The number of halogens is 1. The molecule has 140 valence electrons. The van der Waals surface area contributed by atoms with Gasteiger partial charge in [0.25, 0.3) is 11.7 Å². The highest BCUT2D eigenvalue weighted by atomic mass is 35.5. The topological polar surface area (TPSA) is 69.2 Å². The number of pyridine rings is 1. The van der Waals surface area contributed by atoms with Gasteiger partial charge in [-0.25, -0.2) is 4.98 Å². The first-order chi connectivity index (χ1) is 13.1. The number of aromatic nitrogens is 2. The number of hydrogen-bond acceptors (Lipinski definition) is 2. The van der Waals surface area contributed by atoms with Crippen LogP contribution < -0.4 is 9.72 Å². The van der Waals surface area contributed by atoms with E-state index < -0.39 is 0 Å². The van der Waals surface area contributed by atoms with Gasteiger partial charge in [-0.15, -0.1) is 0 Å². The molecule has 1 saturated carbocycles. The average Bonchev–Trinajstić information content (AvgIpc) is 3.32. The molecule has 2 aromatic heterocycles. The second-order valence-electron chi connectivity index (χ2n) is 7.36. The first-order valence-electron chi connectivity index (χ1n) is 9.29. The summed E-state index contributed by atoms with van der Waals surface area (Å²) in [5.41, 5.74) is 2.04. The van der Waals surface area contributed by atoms with Crippen molar-refractivity contribution in [3.05, 3.63) is 59.4 Å². The molecular formula is C21H23ClN3O2+. The number of nitrogens with zero attached hydrogens (tertiary/aromatic N) is 1. The summed E-state index contributed by atoms with van der Waals surface area (Å²) >= 11 is 6.14. The monoisotopic (exact) mass is 384 g/mol. The van der Waals surface area contributed by atoms with E-state index in [-0.39, 0.29) is 17.9 Å². The summed E-state index contributed by atoms with van der Waals surface area (Å²) in [6.07, 6.45) is 6.05. The maximum atomic E-state index is 12.9. The van der Waals surface area contributed by atoms with E-state index in [0.29, 0.717) is 17.3 Å². The first kappa shape index (κ1) is 18.0. The van der Waals surface area contributed by atoms with Crippen LogP contribution in [0.15, 0.2) is 48.7 Å². The zero-order valence-electron chi connectivity index (χ0n) is 15.0. The van der Waals surface area contributed by atoms with Crippen molar-refractivity contribution in [3.8, 4) is 11.4 Å². The largest absolute Gasteiger partial charge is 0.396 e. The number of H-pyrrole nitrogens is 1. The second kappa shape index (κ2) is 7.33. The molecule has 0 bridgehead atoms. The molecule has 1 amide bonds. The molecule has 2 heterocycles. The lowest BCUT2D eigenvalue weighted by Gasteiger charge is -2.26. The molecule has 27 heavy (non-hydrogen) atoms. The predicted molar refractivity (Wildman–Crippen MR) is 105 cm³/mol. The third kappa shape index (κ3) is 3.45. The van der Waals surface area contributed by atoms with E-state index in [9.17, 15) is 9.90 Å². The number of hydrogen-bond donors (Lipinski definition) is 3. The van der Waals surface area contributed by atoms with Crippen LogP contribution in [0.2, 0.25) is 5.02 Å². The Hall–Kier alpha value is -2.37. The highest BCUT2D eigenvalue weighted by molar-refractivity contribution is 6.30. The molecule has 4 rings (SSSR count). The van der Waals surface area contributed by atoms with Crippen LogP contribution in [-0.4, -0.2) is 29.1 Å². The number of aliphatic hydroxyl groups excluding tert-OH is 1. The molecule has 0 atom stereocenters. The lowest BCUT2D eigenvalue weighted by molar-refractivity contribution is -0.498. The number of aromatic amines is 1. The summed E-state index contributed by atoms with van der Waals surface area (Å²) in [6, 6.07) is 13.3. The van der Waals surface area contributed by atoms with E-state index in [1.807, 2.05) is 53.1 Å². The molecule has 3 aromatic rings. The van der Waals surface area contributed by atoms with Crippen molar-refractivity contribution in [3.63, 3.8) is 0 Å². The van der Waals surface area contributed by atoms with Crippen molar-refractivity contribution < 1.29 is 14.3 Å². The van der Waals surface area contributed by atoms with Crippen molar-refractivity contribution in [2.75, 3.05) is 13.2 Å². The molecule has 1 aromatic carbocycles. The van der Waals surface area contributed by atoms with E-state index >= 15 is 0 Å². The Morgan fingerprint density at radius 1 is 1.22 bits per heavy atom. The van der Waals surface area contributed by atoms with Gasteiger partial charge in [-0.2, -0.15) is 4.40 Å². The van der Waals surface area contributed by atoms with Gasteiger partial charge in [0.15, 0.2) is 5.52 Å². The van der Waals surface area contributed by atoms with Crippen LogP contribution in [0.4, 0.5) is 0 Å². The van der Waals surface area contributed by atoms with E-state index in [1.54, 1.807) is 0 Å². The minimum atomic E-state index is -0.180. The Bertz CT molecular complexity index is 976. The molecule has 1 aliphatic carbocycles. The van der Waals surface area contributed by atoms with E-state index in [2.05, 4.69) is 10.3 Å². The van der Waals surface area contributed by atoms with Gasteiger partial charge in [0.2, 0.25) is 5.69 Å². The van der Waals surface area contributed by atoms with Crippen molar-refractivity contribution in [2.45, 2.75) is 25.7 Å². The molecule has 0 spiro atoms. The van der Waals surface area contributed by atoms with Gasteiger partial charge in [0.05, 0.1) is 18.4 Å². The number of nitrogens with one attached hydrogen (secondary N) is 2. The van der Waals surface area contributed by atoms with Crippen molar-refractivity contribution >= 4 is 23.0 Å². The van der Waals surface area contributed by atoms with Crippen molar-refractivity contribution in [2.24, 2.45) is 5.41 Å². The highest BCUT2D eigenvalue weighted by Crippen LogP contribution is 2.37. The number of aliphatic hydroxyl groups is 1. The molecule has 0 aliphatic heterocycles. The molecule has 0 radical (unpaired) electrons. The molecular weight excluding hydrogens is 362 g/mol. The summed E-state index contributed by atoms with van der Waals surface area (Å²) in [5, 5.41) is 13.4. The standard InChI is InChI=1S/C21H22ClN3O2/c22-16-7-5-6-15(12-16)19-24-18(17-8-1-4-11-25(17)19)20(27)23-13-21(14-26)9-2-3-10-21/h1,4-8,11-12,26H,2-3,9-10,13-14H2,(H,23,27)/p+1. The van der Waals surface area contributed by atoms with Gasteiger partial charge in [0.1, 0.15) is 0 Å². The smallest absolute Gasteiger partial charge is 0.295 e. The van der Waals surface area contributed by atoms with Crippen LogP contribution >= 0.6 is 11.6 Å². The number of fused-ring (bicyclic) bond motifs is 1. The number of carbonyl (C=O) groups is 1. The van der Waals surface area contributed by atoms with E-state index in [4.69, 9.17) is 11.6 Å². The van der Waals surface area contributed by atoms with Crippen LogP contribution in [0.5, 0.6) is 0 Å². The molecule has 6 heteroatoms. The minimum Gasteiger partial charge on any atom is -0.396 e. The Morgan fingerprint density at radius 3 is 2.78 bits per heavy atom. The van der Waals surface area contributed by atoms with Crippen LogP contribution in [0, 0.1) is 5.41 Å². The first-order valence-corrected chi connectivity index (χ1v) is 9.67. The molecule has 5 nitrogen and oxygen atoms in total. The van der Waals surface area contributed by atoms with Gasteiger partial charge >= 0.3 is 0 Å². The second-order valence-corrected chi connectivity index (χ2v) is 7.80. The van der Waals surface area contributed by atoms with Gasteiger partial charge in [0, 0.05) is 17.0 Å². The average molecular weight is 385 g/mol. The van der Waals surface area contributed by atoms with Crippen LogP contribution in [0.1, 0.15) is 36.2 Å². The van der Waals surface area contributed by atoms with Gasteiger partial charge in [-0.05, 0) is 43.2 Å². The highest BCUT2D eigenvalue weighted by Gasteiger charge is 2.34. The Morgan fingerprint density at radius 2 is 2.04 bits per heavy atom. The number of amides is 1. The predicted octanol–water partition coefficient (Wildman–Crippen LogP) is 3.36. The van der Waals surface area contributed by atoms with E-state index in [0.717, 1.165) is 42.6 Å². The Kier molecular flexibility index (Phi) is 4.89. The Balaban J connectivity index is 1.67. The van der Waals surface area contributed by atoms with Gasteiger partial charge in [-0.1, -0.05) is 36.6 Å². The Labute approximate surface area is 163 Å². The normalized spacial score (nSPS) is 15.9. The van der Waals surface area contributed by atoms with Crippen molar-refractivity contribution in [1.82, 2.24) is 10.3 Å². The van der Waals surface area contributed by atoms with Crippen molar-refractivity contribution in [1.29, 1.82) is 0 Å². The van der Waals surface area contributed by atoms with E-state index in [1.165, 1.54) is 0 Å². The third-order valence-corrected chi connectivity index (χ3v) is 5.78. The summed E-state index contributed by atoms with van der Waals surface area (Å²) < 4.78 is 1.96. The number of rotatable bonds is 5. The number of imidazole rings is 1. The fraction of sp³-hybridized carbons (Fsp3) is 0.333. The summed E-state index contributed by atoms with van der Waals surface area (Å²) in [7, 11) is 0. The molecule has 1 fully saturated rings. The fourth-order valence-electron chi connectivity index (χ4n) is 3.98. The quantitative estimate of drug-likeness (QED) is 0.590. The minimum absolute atomic E-state index is 0.112. The maximum absolute atomic E-state index is 12.9. The lowest BCUT2D eigenvalue weighted by Crippen LogP contribution is -2.38. The number of carbonyl (C=O) groups excluding carboxylic acids is 1. The molecule has 0 saturated heterocycles. The van der Waals surface area contributed by atoms with Gasteiger partial charge in [-0.3, -0.25) is 4.79 Å². The maximum Gasteiger partial charge on any atom is 0.295 e. The van der Waals surface area contributed by atoms with Crippen LogP contribution in [-0.2, 0) is 0 Å². The fourth-order valence-corrected chi connectivity index (χ4v) is 4.17. The zero-order chi connectivity index (χ0) is 18.9. The summed E-state index contributed by atoms with van der Waals surface area (Å²) in [4.78, 5) is 16.2. The van der Waals surface area contributed by atoms with Crippen LogP contribution in [0.25, 0.3) is 16.9 Å². The lowest BCUT2D eigenvalue weighted by atomic mass is 9.87. The number of benzene rings is 1. The summed E-state index contributed by atoms with van der Waals surface area (Å²) in [5.74, 6) is 0.641. The third-order valence-electron chi connectivity index (χ3n) is 5.55. The van der Waals surface area contributed by atoms with Crippen LogP contribution in [0.3, 0.4) is 0 Å². The molecule has 3 N–H and O–H groups in total. The zero-order valence-corrected chi connectivity index (χ0v) is 15.8.